The Bertz CT molecular complexity index is 642. The predicted octanol–water partition coefficient (Wildman–Crippen LogP) is 3.48. The quantitative estimate of drug-likeness (QED) is 0.652. The molecule has 2 rings (SSSR count). The molecule has 0 spiro atoms. The van der Waals surface area contributed by atoms with Crippen LogP contribution in [0.25, 0.3) is 10.6 Å². The molecule has 1 N–H and O–H groups in total. The van der Waals surface area contributed by atoms with Crippen LogP contribution in [0.15, 0.2) is 18.2 Å². The third-order valence-corrected chi connectivity index (χ3v) is 4.31. The maximum Gasteiger partial charge on any atom is 0.272 e. The molecular weight excluding hydrogens is 288 g/mol. The zero-order valence-electron chi connectivity index (χ0n) is 12.3. The second kappa shape index (κ2) is 6.73. The molecule has 21 heavy (non-hydrogen) atoms. The summed E-state index contributed by atoms with van der Waals surface area (Å²) in [5, 5.41) is 24.3. The zero-order chi connectivity index (χ0) is 15.4. The molecule has 0 saturated heterocycles. The Morgan fingerprint density at radius 2 is 2.19 bits per heavy atom. The minimum atomic E-state index is -0.374. The molecule has 0 saturated carbocycles. The second-order valence-electron chi connectivity index (χ2n) is 4.88. The molecule has 0 fully saturated rings. The van der Waals surface area contributed by atoms with Crippen molar-refractivity contribution >= 4 is 17.0 Å². The lowest BCUT2D eigenvalue weighted by molar-refractivity contribution is -0.385. The average Bonchev–Trinajstić information content (AvgIpc) is 2.94. The summed E-state index contributed by atoms with van der Waals surface area (Å²) in [6.07, 6.45) is 1.07. The number of hydrogen-bond acceptors (Lipinski definition) is 6. The number of nitro benzene ring substituents is 1. The molecule has 1 heterocycles. The largest absolute Gasteiger partial charge is 0.308 e. The van der Waals surface area contributed by atoms with Crippen LogP contribution in [0.3, 0.4) is 0 Å². The Morgan fingerprint density at radius 1 is 1.43 bits per heavy atom. The average molecular weight is 306 g/mol. The van der Waals surface area contributed by atoms with Crippen LogP contribution in [0.4, 0.5) is 5.69 Å². The molecule has 112 valence electrons. The third-order valence-electron chi connectivity index (χ3n) is 3.15. The van der Waals surface area contributed by atoms with E-state index < -0.39 is 0 Å². The Labute approximate surface area is 127 Å². The number of rotatable bonds is 6. The number of benzene rings is 1. The van der Waals surface area contributed by atoms with E-state index in [4.69, 9.17) is 0 Å². The van der Waals surface area contributed by atoms with Gasteiger partial charge in [-0.1, -0.05) is 18.3 Å². The van der Waals surface area contributed by atoms with Crippen LogP contribution in [0.5, 0.6) is 0 Å². The first-order chi connectivity index (χ1) is 10.0. The standard InChI is InChI=1S/C14H18N4O2S/c1-4-7-15-10(3)13-16-17-14(21-13)11-5-6-12(18(19)20)9(2)8-11/h5-6,8,10,15H,4,7H2,1-3H3. The summed E-state index contributed by atoms with van der Waals surface area (Å²) in [5.41, 5.74) is 1.62. The van der Waals surface area contributed by atoms with Crippen LogP contribution < -0.4 is 5.32 Å². The topological polar surface area (TPSA) is 81.0 Å². The maximum absolute atomic E-state index is 10.8. The van der Waals surface area contributed by atoms with E-state index in [1.165, 1.54) is 17.4 Å². The zero-order valence-corrected chi connectivity index (χ0v) is 13.1. The lowest BCUT2D eigenvalue weighted by Crippen LogP contribution is -2.18. The molecule has 1 aromatic carbocycles. The van der Waals surface area contributed by atoms with E-state index in [-0.39, 0.29) is 16.7 Å². The molecule has 1 unspecified atom stereocenters. The van der Waals surface area contributed by atoms with E-state index >= 15 is 0 Å². The summed E-state index contributed by atoms with van der Waals surface area (Å²) in [4.78, 5) is 10.5. The molecule has 0 amide bonds. The normalized spacial score (nSPS) is 12.3. The van der Waals surface area contributed by atoms with E-state index in [1.54, 1.807) is 19.1 Å². The van der Waals surface area contributed by atoms with Gasteiger partial charge in [-0.2, -0.15) is 0 Å². The minimum Gasteiger partial charge on any atom is -0.308 e. The van der Waals surface area contributed by atoms with Crippen LogP contribution in [0, 0.1) is 17.0 Å². The number of nitrogens with one attached hydrogen (secondary N) is 1. The van der Waals surface area contributed by atoms with Crippen molar-refractivity contribution in [2.24, 2.45) is 0 Å². The van der Waals surface area contributed by atoms with Crippen molar-refractivity contribution < 1.29 is 4.92 Å². The minimum absolute atomic E-state index is 0.126. The summed E-state index contributed by atoms with van der Waals surface area (Å²) in [5.74, 6) is 0. The molecule has 2 aromatic rings. The fraction of sp³-hybridized carbons (Fsp3) is 0.429. The van der Waals surface area contributed by atoms with Crippen molar-refractivity contribution in [3.63, 3.8) is 0 Å². The van der Waals surface area contributed by atoms with E-state index in [1.807, 2.05) is 0 Å². The summed E-state index contributed by atoms with van der Waals surface area (Å²) in [6, 6.07) is 5.19. The fourth-order valence-corrected chi connectivity index (χ4v) is 2.83. The molecule has 0 aliphatic carbocycles. The van der Waals surface area contributed by atoms with E-state index in [0.29, 0.717) is 5.56 Å². The molecule has 7 heteroatoms. The summed E-state index contributed by atoms with van der Waals surface area (Å²) in [6.45, 7) is 6.84. The molecule has 6 nitrogen and oxygen atoms in total. The SMILES string of the molecule is CCCNC(C)c1nnc(-c2ccc([N+](=O)[O-])c(C)c2)s1. The monoisotopic (exact) mass is 306 g/mol. The molecule has 0 aliphatic heterocycles. The van der Waals surface area contributed by atoms with Gasteiger partial charge in [-0.25, -0.2) is 0 Å². The van der Waals surface area contributed by atoms with Gasteiger partial charge in [0.15, 0.2) is 0 Å². The maximum atomic E-state index is 10.8. The van der Waals surface area contributed by atoms with Gasteiger partial charge in [0.1, 0.15) is 10.0 Å². The van der Waals surface area contributed by atoms with E-state index in [9.17, 15) is 10.1 Å². The summed E-state index contributed by atoms with van der Waals surface area (Å²) in [7, 11) is 0. The molecule has 1 aromatic heterocycles. The summed E-state index contributed by atoms with van der Waals surface area (Å²) < 4.78 is 0. The smallest absolute Gasteiger partial charge is 0.272 e. The first kappa shape index (κ1) is 15.5. The van der Waals surface area contributed by atoms with Crippen molar-refractivity contribution in [1.29, 1.82) is 0 Å². The van der Waals surface area contributed by atoms with Gasteiger partial charge < -0.3 is 5.32 Å². The predicted molar refractivity (Wildman–Crippen MR) is 83.4 cm³/mol. The van der Waals surface area contributed by atoms with Crippen LogP contribution in [-0.2, 0) is 0 Å². The molecule has 0 aliphatic rings. The molecule has 0 bridgehead atoms. The number of aryl methyl sites for hydroxylation is 1. The third kappa shape index (κ3) is 3.62. The van der Waals surface area contributed by atoms with Crippen molar-refractivity contribution in [2.45, 2.75) is 33.2 Å². The Balaban J connectivity index is 2.21. The van der Waals surface area contributed by atoms with Gasteiger partial charge in [0, 0.05) is 17.2 Å². The van der Waals surface area contributed by atoms with Crippen molar-refractivity contribution in [3.8, 4) is 10.6 Å². The van der Waals surface area contributed by atoms with E-state index in [2.05, 4.69) is 29.4 Å². The Kier molecular flexibility index (Phi) is 4.98. The number of nitrogens with zero attached hydrogens (tertiary/aromatic N) is 3. The number of hydrogen-bond donors (Lipinski definition) is 1. The first-order valence-corrected chi connectivity index (χ1v) is 7.66. The highest BCUT2D eigenvalue weighted by molar-refractivity contribution is 7.14. The van der Waals surface area contributed by atoms with E-state index in [0.717, 1.165) is 28.5 Å². The van der Waals surface area contributed by atoms with Crippen LogP contribution in [-0.4, -0.2) is 21.7 Å². The highest BCUT2D eigenvalue weighted by Gasteiger charge is 2.15. The van der Waals surface area contributed by atoms with Gasteiger partial charge >= 0.3 is 0 Å². The van der Waals surface area contributed by atoms with Crippen LogP contribution >= 0.6 is 11.3 Å². The highest BCUT2D eigenvalue weighted by atomic mass is 32.1. The van der Waals surface area contributed by atoms with Gasteiger partial charge in [-0.3, -0.25) is 10.1 Å². The molecular formula is C14H18N4O2S. The first-order valence-electron chi connectivity index (χ1n) is 6.85. The van der Waals surface area contributed by atoms with Crippen molar-refractivity contribution in [3.05, 3.63) is 38.9 Å². The lowest BCUT2D eigenvalue weighted by Gasteiger charge is -2.08. The summed E-state index contributed by atoms with van der Waals surface area (Å²) >= 11 is 1.51. The Morgan fingerprint density at radius 3 is 2.81 bits per heavy atom. The van der Waals surface area contributed by atoms with Crippen LogP contribution in [0.2, 0.25) is 0 Å². The molecule has 0 radical (unpaired) electrons. The lowest BCUT2D eigenvalue weighted by atomic mass is 10.1. The molecule has 1 atom stereocenters. The highest BCUT2D eigenvalue weighted by Crippen LogP contribution is 2.29. The van der Waals surface area contributed by atoms with Gasteiger partial charge in [-0.15, -0.1) is 10.2 Å². The van der Waals surface area contributed by atoms with Gasteiger partial charge in [-0.05, 0) is 38.9 Å². The van der Waals surface area contributed by atoms with Crippen molar-refractivity contribution in [1.82, 2.24) is 15.5 Å². The van der Waals surface area contributed by atoms with Gasteiger partial charge in [0.25, 0.3) is 5.69 Å². The number of aromatic nitrogens is 2. The van der Waals surface area contributed by atoms with Crippen LogP contribution in [0.1, 0.15) is 36.9 Å². The number of nitro groups is 1. The van der Waals surface area contributed by atoms with Gasteiger partial charge in [0.05, 0.1) is 11.0 Å². The van der Waals surface area contributed by atoms with Gasteiger partial charge in [0.2, 0.25) is 0 Å². The fourth-order valence-electron chi connectivity index (χ4n) is 1.97. The second-order valence-corrected chi connectivity index (χ2v) is 5.89. The van der Waals surface area contributed by atoms with Crippen molar-refractivity contribution in [2.75, 3.05) is 6.54 Å². The Hall–Kier alpha value is -1.86.